The van der Waals surface area contributed by atoms with E-state index in [1.807, 2.05) is 24.3 Å². The van der Waals surface area contributed by atoms with Crippen LogP contribution < -0.4 is 10.6 Å². The molecular weight excluding hydrogens is 276 g/mol. The Morgan fingerprint density at radius 1 is 1.23 bits per heavy atom. The van der Waals surface area contributed by atoms with E-state index in [0.29, 0.717) is 18.2 Å². The van der Waals surface area contributed by atoms with Crippen molar-refractivity contribution in [2.75, 3.05) is 13.1 Å². The molecule has 1 amide bonds. The lowest BCUT2D eigenvalue weighted by Gasteiger charge is -2.22. The lowest BCUT2D eigenvalue weighted by atomic mass is 9.94. The van der Waals surface area contributed by atoms with Gasteiger partial charge in [-0.1, -0.05) is 12.1 Å². The van der Waals surface area contributed by atoms with Gasteiger partial charge < -0.3 is 10.6 Å². The Labute approximate surface area is 130 Å². The molecule has 2 N–H and O–H groups in total. The predicted octanol–water partition coefficient (Wildman–Crippen LogP) is 1.87. The molecule has 0 unspecified atom stereocenters. The second kappa shape index (κ2) is 7.13. The molecule has 3 heterocycles. The number of hydrogen-bond donors (Lipinski definition) is 2. The van der Waals surface area contributed by atoms with E-state index in [9.17, 15) is 4.79 Å². The van der Waals surface area contributed by atoms with Gasteiger partial charge in [0.15, 0.2) is 0 Å². The van der Waals surface area contributed by atoms with E-state index in [-0.39, 0.29) is 5.91 Å². The van der Waals surface area contributed by atoms with Gasteiger partial charge in [-0.3, -0.25) is 9.78 Å². The smallest absolute Gasteiger partial charge is 0.270 e. The van der Waals surface area contributed by atoms with Crippen LogP contribution in [0, 0.1) is 0 Å². The van der Waals surface area contributed by atoms with Crippen LogP contribution in [0.2, 0.25) is 0 Å². The molecule has 0 bridgehead atoms. The Kier molecular flexibility index (Phi) is 4.75. The quantitative estimate of drug-likeness (QED) is 0.904. The molecule has 1 aliphatic heterocycles. The highest BCUT2D eigenvalue weighted by Gasteiger charge is 2.17. The minimum absolute atomic E-state index is 0.139. The first kappa shape index (κ1) is 14.7. The monoisotopic (exact) mass is 296 g/mol. The predicted molar refractivity (Wildman–Crippen MR) is 84.5 cm³/mol. The molecule has 2 aromatic rings. The Hall–Kier alpha value is -2.27. The van der Waals surface area contributed by atoms with Crippen LogP contribution in [-0.2, 0) is 6.54 Å². The number of nitrogens with one attached hydrogen (secondary N) is 2. The maximum Gasteiger partial charge on any atom is 0.270 e. The van der Waals surface area contributed by atoms with Gasteiger partial charge in [0.1, 0.15) is 5.69 Å². The van der Waals surface area contributed by atoms with Gasteiger partial charge >= 0.3 is 0 Å². The first-order chi connectivity index (χ1) is 10.8. The zero-order valence-corrected chi connectivity index (χ0v) is 12.5. The molecule has 3 rings (SSSR count). The van der Waals surface area contributed by atoms with E-state index < -0.39 is 0 Å². The van der Waals surface area contributed by atoms with Crippen molar-refractivity contribution in [3.05, 3.63) is 59.7 Å². The summed E-state index contributed by atoms with van der Waals surface area (Å²) >= 11 is 0. The Morgan fingerprint density at radius 2 is 2.09 bits per heavy atom. The molecule has 22 heavy (non-hydrogen) atoms. The molecule has 1 aliphatic rings. The maximum absolute atomic E-state index is 12.2. The summed E-state index contributed by atoms with van der Waals surface area (Å²) in [6.45, 7) is 2.50. The van der Waals surface area contributed by atoms with Crippen molar-refractivity contribution in [3.63, 3.8) is 0 Å². The van der Waals surface area contributed by atoms with Crippen molar-refractivity contribution in [1.29, 1.82) is 0 Å². The van der Waals surface area contributed by atoms with Crippen molar-refractivity contribution in [2.24, 2.45) is 0 Å². The molecule has 0 atom stereocenters. The summed E-state index contributed by atoms with van der Waals surface area (Å²) in [6, 6.07) is 9.50. The van der Waals surface area contributed by atoms with E-state index in [2.05, 4.69) is 20.6 Å². The van der Waals surface area contributed by atoms with Crippen molar-refractivity contribution in [1.82, 2.24) is 20.6 Å². The van der Waals surface area contributed by atoms with Crippen LogP contribution >= 0.6 is 0 Å². The lowest BCUT2D eigenvalue weighted by Crippen LogP contribution is -2.28. The van der Waals surface area contributed by atoms with Crippen molar-refractivity contribution in [2.45, 2.75) is 25.3 Å². The molecular formula is C17H20N4O. The third-order valence-corrected chi connectivity index (χ3v) is 3.94. The number of amides is 1. The van der Waals surface area contributed by atoms with Crippen LogP contribution in [0.5, 0.6) is 0 Å². The van der Waals surface area contributed by atoms with Gasteiger partial charge in [0, 0.05) is 30.6 Å². The van der Waals surface area contributed by atoms with Gasteiger partial charge in [0.25, 0.3) is 5.91 Å². The summed E-state index contributed by atoms with van der Waals surface area (Å²) < 4.78 is 0. The highest BCUT2D eigenvalue weighted by molar-refractivity contribution is 5.92. The van der Waals surface area contributed by atoms with Crippen LogP contribution in [0.3, 0.4) is 0 Å². The van der Waals surface area contributed by atoms with Crippen LogP contribution in [-0.4, -0.2) is 29.0 Å². The average molecular weight is 296 g/mol. The lowest BCUT2D eigenvalue weighted by molar-refractivity contribution is 0.0945. The fourth-order valence-electron chi connectivity index (χ4n) is 2.70. The zero-order chi connectivity index (χ0) is 15.2. The highest BCUT2D eigenvalue weighted by atomic mass is 16.1. The number of carbonyl (C=O) groups is 1. The van der Waals surface area contributed by atoms with Gasteiger partial charge in [0.05, 0.1) is 0 Å². The Morgan fingerprint density at radius 3 is 2.86 bits per heavy atom. The van der Waals surface area contributed by atoms with Crippen LogP contribution in [0.15, 0.2) is 42.7 Å². The number of hydrogen-bond acceptors (Lipinski definition) is 4. The molecule has 5 nitrogen and oxygen atoms in total. The van der Waals surface area contributed by atoms with Crippen molar-refractivity contribution < 1.29 is 4.79 Å². The Balaban J connectivity index is 1.64. The summed E-state index contributed by atoms with van der Waals surface area (Å²) in [5, 5.41) is 6.24. The maximum atomic E-state index is 12.2. The minimum atomic E-state index is -0.139. The first-order valence-corrected chi connectivity index (χ1v) is 7.68. The average Bonchev–Trinajstić information content (AvgIpc) is 2.61. The summed E-state index contributed by atoms with van der Waals surface area (Å²) in [4.78, 5) is 20.8. The molecule has 0 aromatic carbocycles. The molecule has 2 aromatic heterocycles. The van der Waals surface area contributed by atoms with E-state index in [0.717, 1.165) is 37.2 Å². The second-order valence-corrected chi connectivity index (χ2v) is 5.52. The number of aromatic nitrogens is 2. The van der Waals surface area contributed by atoms with Gasteiger partial charge in [0.2, 0.25) is 0 Å². The topological polar surface area (TPSA) is 66.9 Å². The van der Waals surface area contributed by atoms with E-state index in [4.69, 9.17) is 0 Å². The normalized spacial score (nSPS) is 15.5. The molecule has 1 fully saturated rings. The standard InChI is InChI=1S/C17H20N4O/c22-17(20-12-13-3-2-8-19-11-13)16-5-1-4-15(21-16)14-6-9-18-10-7-14/h1-5,8,11,14,18H,6-7,9-10,12H2,(H,20,22). The highest BCUT2D eigenvalue weighted by Crippen LogP contribution is 2.23. The fraction of sp³-hybridized carbons (Fsp3) is 0.353. The van der Waals surface area contributed by atoms with Crippen LogP contribution in [0.1, 0.15) is 40.5 Å². The molecule has 114 valence electrons. The van der Waals surface area contributed by atoms with E-state index in [1.54, 1.807) is 18.5 Å². The van der Waals surface area contributed by atoms with Gasteiger partial charge in [-0.25, -0.2) is 4.98 Å². The first-order valence-electron chi connectivity index (χ1n) is 7.68. The van der Waals surface area contributed by atoms with Gasteiger partial charge in [-0.15, -0.1) is 0 Å². The number of piperidine rings is 1. The number of pyridine rings is 2. The number of carbonyl (C=O) groups excluding carboxylic acids is 1. The number of nitrogens with zero attached hydrogens (tertiary/aromatic N) is 2. The molecule has 0 aliphatic carbocycles. The fourth-order valence-corrected chi connectivity index (χ4v) is 2.70. The summed E-state index contributed by atoms with van der Waals surface area (Å²) in [7, 11) is 0. The summed E-state index contributed by atoms with van der Waals surface area (Å²) in [5.74, 6) is 0.312. The number of rotatable bonds is 4. The summed E-state index contributed by atoms with van der Waals surface area (Å²) in [5.41, 5.74) is 2.49. The third kappa shape index (κ3) is 3.68. The van der Waals surface area contributed by atoms with E-state index >= 15 is 0 Å². The SMILES string of the molecule is O=C(NCc1cccnc1)c1cccc(C2CCNCC2)n1. The van der Waals surface area contributed by atoms with Crippen LogP contribution in [0.25, 0.3) is 0 Å². The van der Waals surface area contributed by atoms with Gasteiger partial charge in [-0.2, -0.15) is 0 Å². The molecule has 1 saturated heterocycles. The largest absolute Gasteiger partial charge is 0.347 e. The molecule has 0 spiro atoms. The van der Waals surface area contributed by atoms with Crippen molar-refractivity contribution >= 4 is 5.91 Å². The van der Waals surface area contributed by atoms with E-state index in [1.165, 1.54) is 0 Å². The Bertz CT molecular complexity index is 624. The van der Waals surface area contributed by atoms with Crippen LogP contribution in [0.4, 0.5) is 0 Å². The van der Waals surface area contributed by atoms with Crippen molar-refractivity contribution in [3.8, 4) is 0 Å². The third-order valence-electron chi connectivity index (χ3n) is 3.94. The molecule has 0 saturated carbocycles. The minimum Gasteiger partial charge on any atom is -0.347 e. The molecule has 5 heteroatoms. The molecule has 0 radical (unpaired) electrons. The second-order valence-electron chi connectivity index (χ2n) is 5.52. The zero-order valence-electron chi connectivity index (χ0n) is 12.5. The summed E-state index contributed by atoms with van der Waals surface area (Å²) in [6.07, 6.45) is 5.62. The van der Waals surface area contributed by atoms with Gasteiger partial charge in [-0.05, 0) is 49.7 Å².